The molecule has 35 heavy (non-hydrogen) atoms. The molecule has 1 fully saturated rings. The van der Waals surface area contributed by atoms with Crippen molar-refractivity contribution in [3.05, 3.63) is 76.8 Å². The van der Waals surface area contributed by atoms with Crippen molar-refractivity contribution in [2.45, 2.75) is 51.5 Å². The van der Waals surface area contributed by atoms with Gasteiger partial charge in [-0.15, -0.1) is 11.8 Å². The van der Waals surface area contributed by atoms with Crippen molar-refractivity contribution in [1.29, 1.82) is 0 Å². The number of amides is 1. The first-order valence-corrected chi connectivity index (χ1v) is 13.4. The highest BCUT2D eigenvalue weighted by molar-refractivity contribution is 8.01. The summed E-state index contributed by atoms with van der Waals surface area (Å²) in [5.74, 6) is 0.965. The zero-order valence-corrected chi connectivity index (χ0v) is 22.9. The average Bonchev–Trinajstić information content (AvgIpc) is 3.35. The predicted molar refractivity (Wildman–Crippen MR) is 151 cm³/mol. The number of rotatable bonds is 9. The van der Waals surface area contributed by atoms with Crippen LogP contribution in [0.2, 0.25) is 0 Å². The second kappa shape index (κ2) is 18.7. The molecule has 0 saturated carbocycles. The second-order valence-corrected chi connectivity index (χ2v) is 8.97. The van der Waals surface area contributed by atoms with Gasteiger partial charge >= 0.3 is 0 Å². The summed E-state index contributed by atoms with van der Waals surface area (Å²) in [4.78, 5) is 18.6. The van der Waals surface area contributed by atoms with Gasteiger partial charge in [-0.2, -0.15) is 0 Å². The number of hydrogen-bond acceptors (Lipinski definition) is 5. The number of carbonyl (C=O) groups excluding carboxylic acids is 1. The van der Waals surface area contributed by atoms with Crippen LogP contribution in [-0.2, 0) is 17.6 Å². The number of nitrogens with zero attached hydrogens (tertiary/aromatic N) is 2. The van der Waals surface area contributed by atoms with E-state index >= 15 is 0 Å². The van der Waals surface area contributed by atoms with Crippen LogP contribution in [-0.4, -0.2) is 57.7 Å². The molecule has 192 valence electrons. The van der Waals surface area contributed by atoms with E-state index in [0.29, 0.717) is 0 Å². The second-order valence-electron chi connectivity index (χ2n) is 8.23. The number of aryl methyl sites for hydroxylation is 1. The molecule has 1 aliphatic heterocycles. The highest BCUT2D eigenvalue weighted by atomic mass is 32.2. The van der Waals surface area contributed by atoms with Gasteiger partial charge in [-0.25, -0.2) is 0 Å². The largest absolute Gasteiger partial charge is 0.496 e. The normalized spacial score (nSPS) is 14.5. The number of ether oxygens (including phenoxy) is 2. The maximum Gasteiger partial charge on any atom is 0.254 e. The summed E-state index contributed by atoms with van der Waals surface area (Å²) in [6.07, 6.45) is 9.99. The first kappa shape index (κ1) is 30.5. The molecule has 1 atom stereocenters. The van der Waals surface area contributed by atoms with Gasteiger partial charge in [0.15, 0.2) is 0 Å². The van der Waals surface area contributed by atoms with Gasteiger partial charge in [-0.1, -0.05) is 49.7 Å². The highest BCUT2D eigenvalue weighted by Gasteiger charge is 2.29. The van der Waals surface area contributed by atoms with Crippen molar-refractivity contribution in [3.8, 4) is 5.75 Å². The number of benzene rings is 2. The lowest BCUT2D eigenvalue weighted by Gasteiger charge is -2.25. The van der Waals surface area contributed by atoms with E-state index in [1.165, 1.54) is 11.1 Å². The fourth-order valence-electron chi connectivity index (χ4n) is 3.92. The third-order valence-corrected chi connectivity index (χ3v) is 5.98. The summed E-state index contributed by atoms with van der Waals surface area (Å²) in [5.41, 5.74) is 3.22. The van der Waals surface area contributed by atoms with Gasteiger partial charge in [-0.05, 0) is 73.7 Å². The van der Waals surface area contributed by atoms with Crippen molar-refractivity contribution < 1.29 is 14.3 Å². The number of hydrogen-bond donors (Lipinski definition) is 0. The van der Waals surface area contributed by atoms with Crippen molar-refractivity contribution in [1.82, 2.24) is 4.90 Å². The van der Waals surface area contributed by atoms with E-state index in [1.807, 2.05) is 34.8 Å². The minimum Gasteiger partial charge on any atom is -0.496 e. The Morgan fingerprint density at radius 3 is 2.49 bits per heavy atom. The molecular formula is C29H42N2O3S. The molecule has 1 unspecified atom stereocenters. The lowest BCUT2D eigenvalue weighted by Crippen LogP contribution is -2.36. The number of aliphatic imine (C=N–C) groups is 1. The van der Waals surface area contributed by atoms with Gasteiger partial charge in [0.1, 0.15) is 5.75 Å². The van der Waals surface area contributed by atoms with Gasteiger partial charge in [-0.3, -0.25) is 9.79 Å². The summed E-state index contributed by atoms with van der Waals surface area (Å²) in [6, 6.07) is 16.7. The van der Waals surface area contributed by atoms with Crippen LogP contribution in [0.1, 0.15) is 54.1 Å². The van der Waals surface area contributed by atoms with Gasteiger partial charge < -0.3 is 14.4 Å². The first-order valence-electron chi connectivity index (χ1n) is 12.1. The summed E-state index contributed by atoms with van der Waals surface area (Å²) in [6.45, 7) is 6.28. The summed E-state index contributed by atoms with van der Waals surface area (Å²) < 4.78 is 9.80. The number of likely N-dealkylation sites (tertiary alicyclic amines) is 1. The molecule has 5 nitrogen and oxygen atoms in total. The molecular weight excluding hydrogens is 456 g/mol. The summed E-state index contributed by atoms with van der Waals surface area (Å²) >= 11 is 1.61. The standard InChI is InChI=1S/C23H29NO2.C4H7NS.C2H6O/c1-3-4-11-19-13-14-20(17-22(19)26-2)23(25)24-15-8-12-21(24)16-18-9-6-5-7-10-18;1-5-3-4-6-2;1-3-2/h5-7,9-10,13-14,17,21H,3-4,8,11-12,15-16H2,1-2H3;3-4H,1H2,2H3;1-2H3/b;4-3-;. The molecule has 6 heteroatoms. The molecule has 3 rings (SSSR count). The number of thioether (sulfide) groups is 1. The Balaban J connectivity index is 0.000000586. The van der Waals surface area contributed by atoms with Crippen LogP contribution >= 0.6 is 11.8 Å². The van der Waals surface area contributed by atoms with Crippen LogP contribution in [0.15, 0.2) is 65.1 Å². The van der Waals surface area contributed by atoms with Gasteiger partial charge in [0, 0.05) is 38.6 Å². The number of carbonyl (C=O) groups is 1. The monoisotopic (exact) mass is 498 g/mol. The van der Waals surface area contributed by atoms with Crippen LogP contribution in [0, 0.1) is 0 Å². The lowest BCUT2D eigenvalue weighted by molar-refractivity contribution is 0.0736. The molecule has 0 spiro atoms. The smallest absolute Gasteiger partial charge is 0.254 e. The van der Waals surface area contributed by atoms with E-state index in [0.717, 1.165) is 56.4 Å². The van der Waals surface area contributed by atoms with Gasteiger partial charge in [0.05, 0.1) is 7.11 Å². The quantitative estimate of drug-likeness (QED) is 0.362. The highest BCUT2D eigenvalue weighted by Crippen LogP contribution is 2.27. The van der Waals surface area contributed by atoms with Gasteiger partial charge in [0.2, 0.25) is 0 Å². The Bertz CT molecular complexity index is 887. The Hall–Kier alpha value is -2.57. The fourth-order valence-corrected chi connectivity index (χ4v) is 4.13. The fraction of sp³-hybridized carbons (Fsp3) is 0.448. The molecule has 1 aliphatic rings. The van der Waals surface area contributed by atoms with Crippen molar-refractivity contribution in [3.63, 3.8) is 0 Å². The molecule has 0 bridgehead atoms. The third-order valence-electron chi connectivity index (χ3n) is 5.59. The molecule has 1 amide bonds. The SMILES string of the molecule is C=N/C=C\SC.CCCCc1ccc(C(=O)N2CCCC2Cc2ccccc2)cc1OC.COC. The molecule has 0 radical (unpaired) electrons. The van der Waals surface area contributed by atoms with Crippen molar-refractivity contribution in [2.75, 3.05) is 34.1 Å². The van der Waals surface area contributed by atoms with Crippen LogP contribution in [0.4, 0.5) is 0 Å². The molecule has 0 aliphatic carbocycles. The van der Waals surface area contributed by atoms with E-state index in [9.17, 15) is 4.79 Å². The first-order chi connectivity index (χ1) is 17.1. The molecule has 2 aromatic rings. The minimum absolute atomic E-state index is 0.128. The van der Waals surface area contributed by atoms with Crippen LogP contribution < -0.4 is 4.74 Å². The Morgan fingerprint density at radius 2 is 1.91 bits per heavy atom. The zero-order chi connectivity index (χ0) is 25.9. The lowest BCUT2D eigenvalue weighted by atomic mass is 10.0. The minimum atomic E-state index is 0.128. The molecule has 2 aromatic carbocycles. The maximum atomic E-state index is 13.1. The Labute approximate surface area is 216 Å². The van der Waals surface area contributed by atoms with Crippen LogP contribution in [0.25, 0.3) is 0 Å². The van der Waals surface area contributed by atoms with E-state index in [1.54, 1.807) is 39.3 Å². The third kappa shape index (κ3) is 11.1. The van der Waals surface area contributed by atoms with Crippen molar-refractivity contribution in [2.24, 2.45) is 4.99 Å². The van der Waals surface area contributed by atoms with Crippen LogP contribution in [0.3, 0.4) is 0 Å². The predicted octanol–water partition coefficient (Wildman–Crippen LogP) is 6.67. The average molecular weight is 499 g/mol. The Kier molecular flexibility index (Phi) is 16.3. The van der Waals surface area contributed by atoms with E-state index in [-0.39, 0.29) is 11.9 Å². The van der Waals surface area contributed by atoms with E-state index < -0.39 is 0 Å². The van der Waals surface area contributed by atoms with E-state index in [4.69, 9.17) is 4.74 Å². The number of unbranched alkanes of at least 4 members (excludes halogenated alkanes) is 1. The Morgan fingerprint density at radius 1 is 1.20 bits per heavy atom. The summed E-state index contributed by atoms with van der Waals surface area (Å²) in [7, 11) is 4.94. The van der Waals surface area contributed by atoms with Crippen molar-refractivity contribution >= 4 is 24.4 Å². The molecule has 0 N–H and O–H groups in total. The van der Waals surface area contributed by atoms with E-state index in [2.05, 4.69) is 53.7 Å². The molecule has 1 saturated heterocycles. The van der Waals surface area contributed by atoms with Gasteiger partial charge in [0.25, 0.3) is 5.91 Å². The summed E-state index contributed by atoms with van der Waals surface area (Å²) in [5, 5.41) is 1.87. The number of methoxy groups -OCH3 is 2. The topological polar surface area (TPSA) is 51.1 Å². The maximum absolute atomic E-state index is 13.1. The molecule has 0 aromatic heterocycles. The molecule has 1 heterocycles. The zero-order valence-electron chi connectivity index (χ0n) is 22.0. The van der Waals surface area contributed by atoms with Crippen LogP contribution in [0.5, 0.6) is 5.75 Å².